The smallest absolute Gasteiger partial charge is 0.313 e. The minimum Gasteiger partial charge on any atom is -0.469 e. The summed E-state index contributed by atoms with van der Waals surface area (Å²) in [6, 6.07) is -0.543. The number of ketones is 1. The van der Waals surface area contributed by atoms with Gasteiger partial charge in [0.1, 0.15) is 6.42 Å². The Hall–Kier alpha value is -0.900. The number of Topliss-reactive ketones (excluding diaryl/α,β-unsaturated/α-hetero) is 1. The molecule has 0 rings (SSSR count). The molecule has 2 N–H and O–H groups in total. The Labute approximate surface area is 78.4 Å². The van der Waals surface area contributed by atoms with Gasteiger partial charge in [0.2, 0.25) is 0 Å². The van der Waals surface area contributed by atoms with Gasteiger partial charge < -0.3 is 10.5 Å². The molecule has 0 amide bonds. The number of hydrogen-bond acceptors (Lipinski definition) is 4. The molecule has 13 heavy (non-hydrogen) atoms. The van der Waals surface area contributed by atoms with Gasteiger partial charge in [-0.05, 0) is 12.3 Å². The van der Waals surface area contributed by atoms with Gasteiger partial charge >= 0.3 is 5.97 Å². The number of carbonyl (C=O) groups excluding carboxylic acids is 2. The molecule has 0 bridgehead atoms. The van der Waals surface area contributed by atoms with Crippen LogP contribution in [0.1, 0.15) is 26.7 Å². The van der Waals surface area contributed by atoms with Gasteiger partial charge in [-0.2, -0.15) is 0 Å². The normalized spacial score (nSPS) is 12.7. The van der Waals surface area contributed by atoms with Gasteiger partial charge in [0, 0.05) is 0 Å². The van der Waals surface area contributed by atoms with Crippen molar-refractivity contribution < 1.29 is 14.3 Å². The van der Waals surface area contributed by atoms with Crippen molar-refractivity contribution in [2.24, 2.45) is 11.7 Å². The summed E-state index contributed by atoms with van der Waals surface area (Å²) in [5.41, 5.74) is 5.56. The van der Waals surface area contributed by atoms with E-state index in [-0.39, 0.29) is 12.2 Å². The highest BCUT2D eigenvalue weighted by Gasteiger charge is 2.18. The van der Waals surface area contributed by atoms with Gasteiger partial charge in [-0.3, -0.25) is 9.59 Å². The minimum absolute atomic E-state index is 0.218. The molecule has 0 radical (unpaired) electrons. The van der Waals surface area contributed by atoms with Crippen molar-refractivity contribution in [3.05, 3.63) is 0 Å². The molecule has 0 aliphatic rings. The third-order valence-electron chi connectivity index (χ3n) is 1.69. The van der Waals surface area contributed by atoms with E-state index in [4.69, 9.17) is 5.73 Å². The second kappa shape index (κ2) is 5.70. The van der Waals surface area contributed by atoms with Crippen molar-refractivity contribution in [3.8, 4) is 0 Å². The molecule has 0 heterocycles. The number of rotatable bonds is 5. The quantitative estimate of drug-likeness (QED) is 0.502. The molecule has 0 aliphatic carbocycles. The average Bonchev–Trinajstić information content (AvgIpc) is 2.02. The fourth-order valence-corrected chi connectivity index (χ4v) is 0.985. The van der Waals surface area contributed by atoms with E-state index in [1.165, 1.54) is 7.11 Å². The van der Waals surface area contributed by atoms with Crippen molar-refractivity contribution in [3.63, 3.8) is 0 Å². The lowest BCUT2D eigenvalue weighted by molar-refractivity contribution is -0.143. The molecular formula is C9H17NO3. The van der Waals surface area contributed by atoms with Crippen molar-refractivity contribution in [2.75, 3.05) is 7.11 Å². The topological polar surface area (TPSA) is 69.4 Å². The van der Waals surface area contributed by atoms with Gasteiger partial charge in [0.05, 0.1) is 13.2 Å². The maximum atomic E-state index is 11.2. The third kappa shape index (κ3) is 5.36. The maximum absolute atomic E-state index is 11.2. The summed E-state index contributed by atoms with van der Waals surface area (Å²) in [5, 5.41) is 0. The molecule has 0 aromatic heterocycles. The Balaban J connectivity index is 3.89. The summed E-state index contributed by atoms with van der Waals surface area (Å²) in [4.78, 5) is 21.9. The van der Waals surface area contributed by atoms with E-state index in [0.29, 0.717) is 12.3 Å². The molecule has 0 saturated carbocycles. The Morgan fingerprint density at radius 1 is 1.38 bits per heavy atom. The molecule has 0 aromatic rings. The molecule has 0 fully saturated rings. The molecule has 76 valence electrons. The number of hydrogen-bond donors (Lipinski definition) is 1. The van der Waals surface area contributed by atoms with Gasteiger partial charge in [-0.15, -0.1) is 0 Å². The first-order valence-corrected chi connectivity index (χ1v) is 4.32. The van der Waals surface area contributed by atoms with Crippen LogP contribution in [0.25, 0.3) is 0 Å². The van der Waals surface area contributed by atoms with E-state index >= 15 is 0 Å². The monoisotopic (exact) mass is 187 g/mol. The summed E-state index contributed by atoms with van der Waals surface area (Å²) in [6.07, 6.45) is 0.389. The van der Waals surface area contributed by atoms with Crippen LogP contribution in [0.5, 0.6) is 0 Å². The van der Waals surface area contributed by atoms with E-state index in [0.717, 1.165) is 0 Å². The van der Waals surface area contributed by atoms with Crippen LogP contribution in [0.15, 0.2) is 0 Å². The SMILES string of the molecule is COC(=O)CC(=O)C(N)CC(C)C. The van der Waals surface area contributed by atoms with E-state index in [2.05, 4.69) is 4.74 Å². The van der Waals surface area contributed by atoms with Crippen molar-refractivity contribution in [2.45, 2.75) is 32.7 Å². The van der Waals surface area contributed by atoms with Crippen LogP contribution in [-0.2, 0) is 14.3 Å². The molecule has 0 spiro atoms. The van der Waals surface area contributed by atoms with Crippen LogP contribution in [-0.4, -0.2) is 24.9 Å². The van der Waals surface area contributed by atoms with Gasteiger partial charge in [0.15, 0.2) is 5.78 Å². The van der Waals surface area contributed by atoms with Gasteiger partial charge in [-0.25, -0.2) is 0 Å². The summed E-state index contributed by atoms with van der Waals surface area (Å²) in [6.45, 7) is 3.95. The zero-order valence-corrected chi connectivity index (χ0v) is 8.37. The highest BCUT2D eigenvalue weighted by Crippen LogP contribution is 2.05. The number of ether oxygens (including phenoxy) is 1. The van der Waals surface area contributed by atoms with Crippen molar-refractivity contribution >= 4 is 11.8 Å². The fourth-order valence-electron chi connectivity index (χ4n) is 0.985. The largest absolute Gasteiger partial charge is 0.469 e. The predicted octanol–water partition coefficient (Wildman–Crippen LogP) is 0.492. The second-order valence-electron chi connectivity index (χ2n) is 3.46. The number of esters is 1. The summed E-state index contributed by atoms with van der Waals surface area (Å²) in [7, 11) is 1.25. The van der Waals surface area contributed by atoms with Gasteiger partial charge in [-0.1, -0.05) is 13.8 Å². The number of methoxy groups -OCH3 is 1. The van der Waals surface area contributed by atoms with Crippen molar-refractivity contribution in [1.82, 2.24) is 0 Å². The summed E-state index contributed by atoms with van der Waals surface area (Å²) in [5.74, 6) is -0.415. The van der Waals surface area contributed by atoms with Crippen LogP contribution in [0.3, 0.4) is 0 Å². The first kappa shape index (κ1) is 12.1. The highest BCUT2D eigenvalue weighted by atomic mass is 16.5. The lowest BCUT2D eigenvalue weighted by atomic mass is 10.00. The minimum atomic E-state index is -0.543. The van der Waals surface area contributed by atoms with E-state index in [1.54, 1.807) is 0 Å². The fraction of sp³-hybridized carbons (Fsp3) is 0.778. The first-order chi connectivity index (χ1) is 5.97. The molecule has 0 aromatic carbocycles. The third-order valence-corrected chi connectivity index (χ3v) is 1.69. The van der Waals surface area contributed by atoms with Crippen molar-refractivity contribution in [1.29, 1.82) is 0 Å². The highest BCUT2D eigenvalue weighted by molar-refractivity contribution is 5.98. The molecule has 1 unspecified atom stereocenters. The summed E-state index contributed by atoms with van der Waals surface area (Å²) < 4.78 is 4.36. The summed E-state index contributed by atoms with van der Waals surface area (Å²) >= 11 is 0. The van der Waals surface area contributed by atoms with Crippen LogP contribution in [0, 0.1) is 5.92 Å². The molecular weight excluding hydrogens is 170 g/mol. The maximum Gasteiger partial charge on any atom is 0.313 e. The average molecular weight is 187 g/mol. The van der Waals surface area contributed by atoms with Crippen LogP contribution in [0.4, 0.5) is 0 Å². The van der Waals surface area contributed by atoms with Crippen LogP contribution < -0.4 is 5.73 Å². The van der Waals surface area contributed by atoms with Crippen LogP contribution in [0.2, 0.25) is 0 Å². The van der Waals surface area contributed by atoms with E-state index in [9.17, 15) is 9.59 Å². The zero-order chi connectivity index (χ0) is 10.4. The Morgan fingerprint density at radius 2 is 1.92 bits per heavy atom. The number of nitrogens with two attached hydrogens (primary N) is 1. The lowest BCUT2D eigenvalue weighted by Gasteiger charge is -2.11. The molecule has 0 aliphatic heterocycles. The molecule has 4 nitrogen and oxygen atoms in total. The Kier molecular flexibility index (Phi) is 5.30. The molecule has 1 atom stereocenters. The van der Waals surface area contributed by atoms with E-state index < -0.39 is 12.0 Å². The second-order valence-corrected chi connectivity index (χ2v) is 3.46. The standard InChI is InChI=1S/C9H17NO3/c1-6(2)4-7(10)8(11)5-9(12)13-3/h6-7H,4-5,10H2,1-3H3. The number of carbonyl (C=O) groups is 2. The first-order valence-electron chi connectivity index (χ1n) is 4.32. The van der Waals surface area contributed by atoms with Crippen LogP contribution >= 0.6 is 0 Å². The molecule has 0 saturated heterocycles. The van der Waals surface area contributed by atoms with E-state index in [1.807, 2.05) is 13.8 Å². The molecule has 4 heteroatoms. The Bertz CT molecular complexity index is 189. The predicted molar refractivity (Wildman–Crippen MR) is 49.1 cm³/mol. The zero-order valence-electron chi connectivity index (χ0n) is 8.37. The Morgan fingerprint density at radius 3 is 2.31 bits per heavy atom. The lowest BCUT2D eigenvalue weighted by Crippen LogP contribution is -2.33. The van der Waals surface area contributed by atoms with Gasteiger partial charge in [0.25, 0.3) is 0 Å².